The lowest BCUT2D eigenvalue weighted by Crippen LogP contribution is -2.59. The first-order valence-corrected chi connectivity index (χ1v) is 5.13. The second-order valence-electron chi connectivity index (χ2n) is 3.70. The minimum atomic E-state index is -0.471. The standard InChI is InChI=1S/C9H15N3O2.2ClH/c13-8-9(14)12(7-4-10-8)11-5-2-1-3-6-11;;/h1-7H2,(H,10,13);2*1H. The Bertz CT molecular complexity index is 257. The summed E-state index contributed by atoms with van der Waals surface area (Å²) in [6.45, 7) is 2.99. The van der Waals surface area contributed by atoms with Crippen LogP contribution in [0.1, 0.15) is 19.3 Å². The third-order valence-electron chi connectivity index (χ3n) is 2.71. The van der Waals surface area contributed by atoms with Crippen molar-refractivity contribution in [3.63, 3.8) is 0 Å². The molecule has 2 aliphatic heterocycles. The Morgan fingerprint density at radius 1 is 0.938 bits per heavy atom. The minimum Gasteiger partial charge on any atom is -0.346 e. The molecule has 2 saturated heterocycles. The molecule has 0 aromatic heterocycles. The summed E-state index contributed by atoms with van der Waals surface area (Å²) in [6.07, 6.45) is 3.46. The van der Waals surface area contributed by atoms with Gasteiger partial charge in [0.2, 0.25) is 0 Å². The van der Waals surface area contributed by atoms with Gasteiger partial charge in [0.15, 0.2) is 0 Å². The summed E-state index contributed by atoms with van der Waals surface area (Å²) in [4.78, 5) is 22.6. The average molecular weight is 270 g/mol. The van der Waals surface area contributed by atoms with Crippen molar-refractivity contribution >= 4 is 36.6 Å². The lowest BCUT2D eigenvalue weighted by molar-refractivity contribution is -0.163. The quantitative estimate of drug-likeness (QED) is 0.692. The van der Waals surface area contributed by atoms with Gasteiger partial charge in [-0.2, -0.15) is 0 Å². The van der Waals surface area contributed by atoms with Gasteiger partial charge in [-0.05, 0) is 12.8 Å². The predicted octanol–water partition coefficient (Wildman–Crippen LogP) is 0.189. The number of hydrogen-bond donors (Lipinski definition) is 1. The largest absolute Gasteiger partial charge is 0.346 e. The molecular weight excluding hydrogens is 253 g/mol. The first-order valence-electron chi connectivity index (χ1n) is 5.13. The van der Waals surface area contributed by atoms with E-state index >= 15 is 0 Å². The van der Waals surface area contributed by atoms with Crippen LogP contribution in [0.4, 0.5) is 0 Å². The molecule has 0 saturated carbocycles. The molecule has 0 radical (unpaired) electrons. The monoisotopic (exact) mass is 269 g/mol. The van der Waals surface area contributed by atoms with E-state index < -0.39 is 11.8 Å². The number of piperidine rings is 1. The van der Waals surface area contributed by atoms with E-state index in [-0.39, 0.29) is 24.8 Å². The summed E-state index contributed by atoms with van der Waals surface area (Å²) in [6, 6.07) is 0. The van der Waals surface area contributed by atoms with E-state index in [0.717, 1.165) is 25.9 Å². The summed E-state index contributed by atoms with van der Waals surface area (Å²) < 4.78 is 0. The molecule has 1 N–H and O–H groups in total. The zero-order chi connectivity index (χ0) is 9.97. The van der Waals surface area contributed by atoms with Crippen molar-refractivity contribution in [1.29, 1.82) is 0 Å². The number of nitrogens with one attached hydrogen (secondary N) is 1. The number of hydrogen-bond acceptors (Lipinski definition) is 3. The van der Waals surface area contributed by atoms with E-state index in [0.29, 0.717) is 13.1 Å². The van der Waals surface area contributed by atoms with Gasteiger partial charge in [-0.15, -0.1) is 24.8 Å². The molecule has 0 spiro atoms. The second-order valence-corrected chi connectivity index (χ2v) is 3.70. The Morgan fingerprint density at radius 3 is 2.19 bits per heavy atom. The summed E-state index contributed by atoms with van der Waals surface area (Å²) >= 11 is 0. The highest BCUT2D eigenvalue weighted by Crippen LogP contribution is 2.12. The summed E-state index contributed by atoms with van der Waals surface area (Å²) in [7, 11) is 0. The number of carbonyl (C=O) groups is 2. The molecule has 0 unspecified atom stereocenters. The van der Waals surface area contributed by atoms with Crippen LogP contribution in [0, 0.1) is 0 Å². The summed E-state index contributed by atoms with van der Waals surface area (Å²) in [5.74, 6) is -0.875. The number of piperazine rings is 1. The van der Waals surface area contributed by atoms with Crippen molar-refractivity contribution < 1.29 is 9.59 Å². The molecular formula is C9H17Cl2N3O2. The Morgan fingerprint density at radius 2 is 1.56 bits per heavy atom. The van der Waals surface area contributed by atoms with Crippen LogP contribution in [0.2, 0.25) is 0 Å². The molecule has 0 aromatic rings. The van der Waals surface area contributed by atoms with E-state index in [1.54, 1.807) is 5.01 Å². The van der Waals surface area contributed by atoms with Gasteiger partial charge >= 0.3 is 11.8 Å². The minimum absolute atomic E-state index is 0. The fraction of sp³-hybridized carbons (Fsp3) is 0.778. The van der Waals surface area contributed by atoms with Crippen LogP contribution in [0.25, 0.3) is 0 Å². The highest BCUT2D eigenvalue weighted by molar-refractivity contribution is 6.35. The Kier molecular flexibility index (Phi) is 6.71. The summed E-state index contributed by atoms with van der Waals surface area (Å²) in [5, 5.41) is 6.14. The van der Waals surface area contributed by atoms with Gasteiger partial charge in [-0.3, -0.25) is 14.6 Å². The lowest BCUT2D eigenvalue weighted by Gasteiger charge is -2.38. The second kappa shape index (κ2) is 6.93. The lowest BCUT2D eigenvalue weighted by atomic mass is 10.1. The van der Waals surface area contributed by atoms with Gasteiger partial charge in [0, 0.05) is 19.6 Å². The van der Waals surface area contributed by atoms with Crippen LogP contribution in [-0.4, -0.2) is 48.0 Å². The normalized spacial score (nSPS) is 21.9. The third kappa shape index (κ3) is 3.23. The van der Waals surface area contributed by atoms with Crippen molar-refractivity contribution in [3.8, 4) is 0 Å². The van der Waals surface area contributed by atoms with Gasteiger partial charge in [0.05, 0.1) is 6.54 Å². The first kappa shape index (κ1) is 15.5. The number of halogens is 2. The number of rotatable bonds is 1. The molecule has 2 fully saturated rings. The van der Waals surface area contributed by atoms with Crippen LogP contribution in [0.15, 0.2) is 0 Å². The molecule has 0 aromatic carbocycles. The zero-order valence-corrected chi connectivity index (χ0v) is 10.6. The number of amides is 2. The van der Waals surface area contributed by atoms with E-state index in [1.807, 2.05) is 5.01 Å². The molecule has 0 bridgehead atoms. The van der Waals surface area contributed by atoms with Crippen LogP contribution in [0.3, 0.4) is 0 Å². The predicted molar refractivity (Wildman–Crippen MR) is 64.6 cm³/mol. The molecule has 2 rings (SSSR count). The highest BCUT2D eigenvalue weighted by atomic mass is 35.5. The molecule has 2 aliphatic rings. The number of nitrogens with zero attached hydrogens (tertiary/aromatic N) is 2. The maximum absolute atomic E-state index is 11.5. The highest BCUT2D eigenvalue weighted by Gasteiger charge is 2.30. The molecule has 0 aliphatic carbocycles. The Hall–Kier alpha value is -0.520. The van der Waals surface area contributed by atoms with Gasteiger partial charge in [-0.1, -0.05) is 6.42 Å². The van der Waals surface area contributed by atoms with Gasteiger partial charge < -0.3 is 5.32 Å². The van der Waals surface area contributed by atoms with E-state index in [9.17, 15) is 9.59 Å². The maximum Gasteiger partial charge on any atom is 0.326 e. The fourth-order valence-electron chi connectivity index (χ4n) is 1.96. The van der Waals surface area contributed by atoms with Crippen LogP contribution in [-0.2, 0) is 9.59 Å². The van der Waals surface area contributed by atoms with Crippen molar-refractivity contribution in [2.45, 2.75) is 19.3 Å². The zero-order valence-electron chi connectivity index (χ0n) is 8.98. The van der Waals surface area contributed by atoms with Crippen molar-refractivity contribution in [1.82, 2.24) is 15.3 Å². The van der Waals surface area contributed by atoms with Gasteiger partial charge in [0.1, 0.15) is 0 Å². The van der Waals surface area contributed by atoms with Crippen molar-refractivity contribution in [3.05, 3.63) is 0 Å². The maximum atomic E-state index is 11.5. The Labute approximate surface area is 107 Å². The van der Waals surface area contributed by atoms with Gasteiger partial charge in [-0.25, -0.2) is 5.01 Å². The molecule has 16 heavy (non-hydrogen) atoms. The fourth-order valence-corrected chi connectivity index (χ4v) is 1.96. The smallest absolute Gasteiger partial charge is 0.326 e. The Balaban J connectivity index is 0.00000112. The number of carbonyl (C=O) groups excluding carboxylic acids is 2. The third-order valence-corrected chi connectivity index (χ3v) is 2.71. The molecule has 7 heteroatoms. The van der Waals surface area contributed by atoms with Crippen LogP contribution < -0.4 is 5.32 Å². The molecule has 5 nitrogen and oxygen atoms in total. The van der Waals surface area contributed by atoms with Crippen molar-refractivity contribution in [2.75, 3.05) is 26.2 Å². The van der Waals surface area contributed by atoms with E-state index in [2.05, 4.69) is 5.32 Å². The van der Waals surface area contributed by atoms with Gasteiger partial charge in [0.25, 0.3) is 0 Å². The SMILES string of the molecule is Cl.Cl.O=C1NCCN(N2CCCCC2)C1=O. The van der Waals surface area contributed by atoms with Crippen LogP contribution in [0.5, 0.6) is 0 Å². The first-order chi connectivity index (χ1) is 6.79. The van der Waals surface area contributed by atoms with Crippen molar-refractivity contribution in [2.24, 2.45) is 0 Å². The topological polar surface area (TPSA) is 52.7 Å². The molecule has 94 valence electrons. The van der Waals surface area contributed by atoms with E-state index in [4.69, 9.17) is 0 Å². The van der Waals surface area contributed by atoms with Crippen LogP contribution >= 0.6 is 24.8 Å². The molecule has 2 amide bonds. The average Bonchev–Trinajstić information content (AvgIpc) is 2.23. The molecule has 0 atom stereocenters. The molecule has 2 heterocycles. The number of hydrazine groups is 1. The van der Waals surface area contributed by atoms with E-state index in [1.165, 1.54) is 6.42 Å². The summed E-state index contributed by atoms with van der Waals surface area (Å²) in [5.41, 5.74) is 0.